The lowest BCUT2D eigenvalue weighted by Gasteiger charge is -2.31. The summed E-state index contributed by atoms with van der Waals surface area (Å²) < 4.78 is 0. The highest BCUT2D eigenvalue weighted by Gasteiger charge is 2.28. The highest BCUT2D eigenvalue weighted by atomic mass is 14.3. The van der Waals surface area contributed by atoms with Gasteiger partial charge in [0.1, 0.15) is 0 Å². The molecule has 0 radical (unpaired) electrons. The first-order valence-electron chi connectivity index (χ1n) is 15.9. The molecule has 0 nitrogen and oxygen atoms in total. The van der Waals surface area contributed by atoms with Crippen molar-refractivity contribution in [3.8, 4) is 0 Å². The van der Waals surface area contributed by atoms with E-state index in [9.17, 15) is 0 Å². The number of hydrogen-bond donors (Lipinski definition) is 0. The van der Waals surface area contributed by atoms with Crippen LogP contribution in [0, 0.1) is 11.8 Å². The van der Waals surface area contributed by atoms with E-state index in [1.54, 1.807) is 0 Å². The Labute approximate surface area is 263 Å². The molecule has 0 heteroatoms. The lowest BCUT2D eigenvalue weighted by atomic mass is 9.72. The lowest BCUT2D eigenvalue weighted by Crippen LogP contribution is -2.19. The van der Waals surface area contributed by atoms with Gasteiger partial charge in [-0.25, -0.2) is 0 Å². The second kappa shape index (κ2) is 15.0. The van der Waals surface area contributed by atoms with Crippen molar-refractivity contribution in [3.05, 3.63) is 210 Å². The van der Waals surface area contributed by atoms with Gasteiger partial charge in [0.15, 0.2) is 0 Å². The molecule has 4 aliphatic rings. The number of hydrogen-bond acceptors (Lipinski definition) is 0. The normalized spacial score (nSPS) is 33.0. The highest BCUT2D eigenvalue weighted by molar-refractivity contribution is 5.95. The van der Waals surface area contributed by atoms with Crippen molar-refractivity contribution in [3.63, 3.8) is 0 Å². The maximum Gasteiger partial charge on any atom is 0.0131 e. The molecule has 2 unspecified atom stereocenters. The molecule has 44 heavy (non-hydrogen) atoms. The molecule has 0 saturated carbocycles. The summed E-state index contributed by atoms with van der Waals surface area (Å²) in [6, 6.07) is 15.4. The molecule has 0 fully saturated rings. The van der Waals surface area contributed by atoms with Crippen LogP contribution in [-0.4, -0.2) is 0 Å². The molecular weight excluding hydrogens is 528 g/mol. The molecule has 6 rings (SSSR count). The predicted molar refractivity (Wildman–Crippen MR) is 192 cm³/mol. The minimum Gasteiger partial charge on any atom is -0.0842 e. The standard InChI is InChI=1S/C44H40/c1-2-4-10-21-35(22-11-5-3-1)36-23-12-6-7-13-24-38(34-33-36)40-27-14-8-9-15-29-43(44-31-19-18-30-41(40)44)42-32-20-26-37-25-16-17-28-39(37)42/h1-10,12-21,23-32,41,44H,11,22,33-34H2/b2-1-,5-3+,10-4-,12-6-,13-7-,14-8-,15-9-,35-21-,36-23-,38-24-,40-27+,43-29+. The first kappa shape index (κ1) is 29.1. The Morgan fingerprint density at radius 2 is 0.955 bits per heavy atom. The zero-order chi connectivity index (χ0) is 29.8. The number of allylic oxidation sites excluding steroid dienone is 28. The van der Waals surface area contributed by atoms with Crippen LogP contribution in [0.1, 0.15) is 31.2 Å². The Balaban J connectivity index is 1.38. The van der Waals surface area contributed by atoms with Gasteiger partial charge in [-0.15, -0.1) is 0 Å². The summed E-state index contributed by atoms with van der Waals surface area (Å²) in [6.07, 6.45) is 55.3. The first-order chi connectivity index (χ1) is 21.9. The van der Waals surface area contributed by atoms with Gasteiger partial charge in [-0.2, -0.15) is 0 Å². The van der Waals surface area contributed by atoms with Crippen molar-refractivity contribution in [2.75, 3.05) is 0 Å². The summed E-state index contributed by atoms with van der Waals surface area (Å²) in [4.78, 5) is 0. The summed E-state index contributed by atoms with van der Waals surface area (Å²) in [5.74, 6) is 0.439. The molecule has 2 atom stereocenters. The second-order valence-corrected chi connectivity index (χ2v) is 11.4. The van der Waals surface area contributed by atoms with E-state index >= 15 is 0 Å². The quantitative estimate of drug-likeness (QED) is 0.345. The first-order valence-corrected chi connectivity index (χ1v) is 15.9. The molecule has 2 aromatic rings. The van der Waals surface area contributed by atoms with Gasteiger partial charge in [-0.3, -0.25) is 0 Å². The van der Waals surface area contributed by atoms with E-state index in [2.05, 4.69) is 182 Å². The van der Waals surface area contributed by atoms with Gasteiger partial charge in [0.2, 0.25) is 0 Å². The van der Waals surface area contributed by atoms with Crippen molar-refractivity contribution in [2.24, 2.45) is 11.8 Å². The summed E-state index contributed by atoms with van der Waals surface area (Å²) in [5.41, 5.74) is 8.26. The third kappa shape index (κ3) is 7.16. The molecule has 0 saturated heterocycles. The monoisotopic (exact) mass is 568 g/mol. The Kier molecular flexibility index (Phi) is 9.93. The van der Waals surface area contributed by atoms with E-state index in [1.165, 1.54) is 44.2 Å². The van der Waals surface area contributed by atoms with Crippen molar-refractivity contribution in [2.45, 2.75) is 25.7 Å². The van der Waals surface area contributed by atoms with Crippen LogP contribution in [0.15, 0.2) is 205 Å². The van der Waals surface area contributed by atoms with Crippen LogP contribution in [0.4, 0.5) is 0 Å². The van der Waals surface area contributed by atoms with E-state index in [4.69, 9.17) is 0 Å². The third-order valence-corrected chi connectivity index (χ3v) is 8.67. The molecule has 0 N–H and O–H groups in total. The van der Waals surface area contributed by atoms with Crippen LogP contribution in [0.2, 0.25) is 0 Å². The summed E-state index contributed by atoms with van der Waals surface area (Å²) in [5, 5.41) is 2.58. The van der Waals surface area contributed by atoms with E-state index in [0.29, 0.717) is 0 Å². The van der Waals surface area contributed by atoms with Crippen molar-refractivity contribution in [1.29, 1.82) is 0 Å². The van der Waals surface area contributed by atoms with Crippen molar-refractivity contribution >= 4 is 16.3 Å². The number of rotatable bonds is 3. The summed E-state index contributed by atoms with van der Waals surface area (Å²) >= 11 is 0. The molecule has 0 aliphatic heterocycles. The fourth-order valence-corrected chi connectivity index (χ4v) is 6.48. The fraction of sp³-hybridized carbons (Fsp3) is 0.136. The zero-order valence-corrected chi connectivity index (χ0v) is 25.3. The zero-order valence-electron chi connectivity index (χ0n) is 25.3. The highest BCUT2D eigenvalue weighted by Crippen LogP contribution is 2.43. The molecule has 0 bridgehead atoms. The minimum absolute atomic E-state index is 0.217. The van der Waals surface area contributed by atoms with Crippen LogP contribution in [0.3, 0.4) is 0 Å². The molecule has 4 aliphatic carbocycles. The van der Waals surface area contributed by atoms with E-state index in [1.807, 2.05) is 0 Å². The second-order valence-electron chi connectivity index (χ2n) is 11.4. The van der Waals surface area contributed by atoms with E-state index in [-0.39, 0.29) is 11.8 Å². The van der Waals surface area contributed by atoms with Crippen LogP contribution < -0.4 is 0 Å². The van der Waals surface area contributed by atoms with Gasteiger partial charge in [-0.05, 0) is 69.9 Å². The molecule has 0 amide bonds. The Morgan fingerprint density at radius 3 is 1.73 bits per heavy atom. The Hall–Kier alpha value is -4.94. The molecule has 0 heterocycles. The SMILES string of the molecule is C1=CC2C(/C3=C\C=C/C=C\C=C(/C4=C\C=C/C=C\C=C\CC4)CC3)=C/C=C\C=C/C=C(\c3cccc4ccccc34)C2C=C1. The average molecular weight is 569 g/mol. The van der Waals surface area contributed by atoms with E-state index < -0.39 is 0 Å². The molecule has 216 valence electrons. The Morgan fingerprint density at radius 1 is 0.409 bits per heavy atom. The predicted octanol–water partition coefficient (Wildman–Crippen LogP) is 11.8. The van der Waals surface area contributed by atoms with Gasteiger partial charge in [0, 0.05) is 11.8 Å². The third-order valence-electron chi connectivity index (χ3n) is 8.67. The minimum atomic E-state index is 0.217. The molecular formula is C44H40. The maximum absolute atomic E-state index is 2.41. The van der Waals surface area contributed by atoms with Gasteiger partial charge in [0.25, 0.3) is 0 Å². The van der Waals surface area contributed by atoms with Gasteiger partial charge in [-0.1, -0.05) is 182 Å². The summed E-state index contributed by atoms with van der Waals surface area (Å²) in [7, 11) is 0. The smallest absolute Gasteiger partial charge is 0.0131 e. The summed E-state index contributed by atoms with van der Waals surface area (Å²) in [6.45, 7) is 0. The van der Waals surface area contributed by atoms with E-state index in [0.717, 1.165) is 25.7 Å². The van der Waals surface area contributed by atoms with Gasteiger partial charge < -0.3 is 0 Å². The van der Waals surface area contributed by atoms with Crippen LogP contribution >= 0.6 is 0 Å². The molecule has 2 aromatic carbocycles. The van der Waals surface area contributed by atoms with Crippen molar-refractivity contribution < 1.29 is 0 Å². The van der Waals surface area contributed by atoms with Gasteiger partial charge in [0.05, 0.1) is 0 Å². The number of benzene rings is 2. The van der Waals surface area contributed by atoms with Crippen LogP contribution in [-0.2, 0) is 0 Å². The fourth-order valence-electron chi connectivity index (χ4n) is 6.48. The average Bonchev–Trinajstić information content (AvgIpc) is 3.07. The number of fused-ring (bicyclic) bond motifs is 2. The lowest BCUT2D eigenvalue weighted by molar-refractivity contribution is 0.645. The van der Waals surface area contributed by atoms with Crippen molar-refractivity contribution in [1.82, 2.24) is 0 Å². The van der Waals surface area contributed by atoms with Crippen LogP contribution in [0.25, 0.3) is 16.3 Å². The largest absolute Gasteiger partial charge is 0.0842 e. The van der Waals surface area contributed by atoms with Crippen LogP contribution in [0.5, 0.6) is 0 Å². The maximum atomic E-state index is 2.41. The Bertz CT molecular complexity index is 1780. The van der Waals surface area contributed by atoms with Gasteiger partial charge >= 0.3 is 0 Å². The molecule has 0 spiro atoms. The topological polar surface area (TPSA) is 0 Å². The molecule has 0 aromatic heterocycles.